The summed E-state index contributed by atoms with van der Waals surface area (Å²) < 4.78 is 0. The fourth-order valence-corrected chi connectivity index (χ4v) is 2.89. The Morgan fingerprint density at radius 2 is 1.72 bits per heavy atom. The first-order chi connectivity index (χ1) is 8.68. The van der Waals surface area contributed by atoms with Crippen LogP contribution in [0.4, 0.5) is 0 Å². The fraction of sp³-hybridized carbons (Fsp3) is 0.933. The molecule has 1 heterocycles. The van der Waals surface area contributed by atoms with Crippen molar-refractivity contribution in [1.82, 2.24) is 9.80 Å². The van der Waals surface area contributed by atoms with Crippen molar-refractivity contribution in [2.75, 3.05) is 26.7 Å². The molecule has 1 aliphatic carbocycles. The monoisotopic (exact) mass is 252 g/mol. The van der Waals surface area contributed by atoms with Crippen LogP contribution in [0.3, 0.4) is 0 Å². The van der Waals surface area contributed by atoms with Gasteiger partial charge in [0.2, 0.25) is 5.91 Å². The Hall–Kier alpha value is -0.570. The predicted octanol–water partition coefficient (Wildman–Crippen LogP) is 2.51. The zero-order valence-electron chi connectivity index (χ0n) is 12.0. The van der Waals surface area contributed by atoms with Gasteiger partial charge in [0.1, 0.15) is 0 Å². The van der Waals surface area contributed by atoms with Crippen molar-refractivity contribution in [1.29, 1.82) is 0 Å². The Morgan fingerprint density at radius 3 is 2.28 bits per heavy atom. The van der Waals surface area contributed by atoms with Crippen LogP contribution in [-0.4, -0.2) is 48.4 Å². The molecule has 0 aromatic heterocycles. The standard InChI is InChI=1S/C15H28N2O/c1-13(14-8-9-14)16(2)12-15(18)17-10-6-4-3-5-7-11-17/h13-14H,3-12H2,1-2H3. The van der Waals surface area contributed by atoms with E-state index in [-0.39, 0.29) is 0 Å². The van der Waals surface area contributed by atoms with Gasteiger partial charge >= 0.3 is 0 Å². The molecule has 3 heteroatoms. The third kappa shape index (κ3) is 3.98. The third-order valence-corrected chi connectivity index (χ3v) is 4.59. The number of hydrogen-bond donors (Lipinski definition) is 0. The number of carbonyl (C=O) groups excluding carboxylic acids is 1. The van der Waals surface area contributed by atoms with Gasteiger partial charge in [0, 0.05) is 19.1 Å². The number of hydrogen-bond acceptors (Lipinski definition) is 2. The van der Waals surface area contributed by atoms with Crippen LogP contribution in [0.2, 0.25) is 0 Å². The molecule has 1 atom stereocenters. The fourth-order valence-electron chi connectivity index (χ4n) is 2.89. The van der Waals surface area contributed by atoms with Crippen molar-refractivity contribution in [2.24, 2.45) is 5.92 Å². The lowest BCUT2D eigenvalue weighted by molar-refractivity contribution is -0.133. The van der Waals surface area contributed by atoms with Gasteiger partial charge in [0.05, 0.1) is 6.54 Å². The molecule has 0 spiro atoms. The van der Waals surface area contributed by atoms with E-state index in [0.717, 1.165) is 19.0 Å². The topological polar surface area (TPSA) is 23.6 Å². The van der Waals surface area contributed by atoms with E-state index in [1.165, 1.54) is 44.9 Å². The van der Waals surface area contributed by atoms with Crippen LogP contribution >= 0.6 is 0 Å². The van der Waals surface area contributed by atoms with Gasteiger partial charge in [-0.3, -0.25) is 9.69 Å². The number of rotatable bonds is 4. The SMILES string of the molecule is CC(C1CC1)N(C)CC(=O)N1CCCCCCC1. The smallest absolute Gasteiger partial charge is 0.236 e. The van der Waals surface area contributed by atoms with Crippen molar-refractivity contribution in [2.45, 2.75) is 57.9 Å². The molecule has 1 saturated heterocycles. The minimum absolute atomic E-state index is 0.340. The molecule has 1 amide bonds. The largest absolute Gasteiger partial charge is 0.342 e. The minimum Gasteiger partial charge on any atom is -0.342 e. The first-order valence-electron chi connectivity index (χ1n) is 7.66. The summed E-state index contributed by atoms with van der Waals surface area (Å²) in [6, 6.07) is 0.573. The molecule has 104 valence electrons. The van der Waals surface area contributed by atoms with Crippen molar-refractivity contribution >= 4 is 5.91 Å². The lowest BCUT2D eigenvalue weighted by atomic mass is 10.1. The molecule has 1 aliphatic heterocycles. The van der Waals surface area contributed by atoms with E-state index in [9.17, 15) is 4.79 Å². The lowest BCUT2D eigenvalue weighted by Gasteiger charge is -2.29. The first kappa shape index (κ1) is 13.9. The molecule has 0 aromatic rings. The van der Waals surface area contributed by atoms with Gasteiger partial charge in [0.25, 0.3) is 0 Å². The summed E-state index contributed by atoms with van der Waals surface area (Å²) in [6.07, 6.45) is 9.00. The molecule has 0 radical (unpaired) electrons. The van der Waals surface area contributed by atoms with Gasteiger partial charge in [-0.05, 0) is 45.6 Å². The molecule has 18 heavy (non-hydrogen) atoms. The molecular formula is C15H28N2O. The molecule has 2 aliphatic rings. The second-order valence-electron chi connectivity index (χ2n) is 6.14. The van der Waals surface area contributed by atoms with Crippen LogP contribution in [0, 0.1) is 5.92 Å². The Balaban J connectivity index is 1.77. The Bertz CT molecular complexity index is 268. The van der Waals surface area contributed by atoms with Crippen molar-refractivity contribution < 1.29 is 4.79 Å². The average molecular weight is 252 g/mol. The molecule has 2 rings (SSSR count). The van der Waals surface area contributed by atoms with E-state index >= 15 is 0 Å². The Kier molecular flexibility index (Phi) is 5.04. The molecule has 1 saturated carbocycles. The summed E-state index contributed by atoms with van der Waals surface area (Å²) in [7, 11) is 2.10. The van der Waals surface area contributed by atoms with Crippen molar-refractivity contribution in [3.05, 3.63) is 0 Å². The molecule has 1 unspecified atom stereocenters. The summed E-state index contributed by atoms with van der Waals surface area (Å²) in [6.45, 7) is 4.82. The van der Waals surface area contributed by atoms with Crippen molar-refractivity contribution in [3.63, 3.8) is 0 Å². The van der Waals surface area contributed by atoms with E-state index in [1.807, 2.05) is 0 Å². The minimum atomic E-state index is 0.340. The number of carbonyl (C=O) groups is 1. The average Bonchev–Trinajstić information content (AvgIpc) is 3.10. The quantitative estimate of drug-likeness (QED) is 0.767. The van der Waals surface area contributed by atoms with Gasteiger partial charge in [-0.1, -0.05) is 19.3 Å². The van der Waals surface area contributed by atoms with Gasteiger partial charge < -0.3 is 4.90 Å². The maximum atomic E-state index is 12.3. The summed E-state index contributed by atoms with van der Waals surface area (Å²) in [4.78, 5) is 16.6. The summed E-state index contributed by atoms with van der Waals surface area (Å²) in [5, 5.41) is 0. The number of nitrogens with zero attached hydrogens (tertiary/aromatic N) is 2. The van der Waals surface area contributed by atoms with E-state index in [0.29, 0.717) is 18.5 Å². The van der Waals surface area contributed by atoms with Crippen LogP contribution in [-0.2, 0) is 4.79 Å². The van der Waals surface area contributed by atoms with Crippen LogP contribution in [0.5, 0.6) is 0 Å². The first-order valence-corrected chi connectivity index (χ1v) is 7.66. The van der Waals surface area contributed by atoms with Crippen LogP contribution in [0.1, 0.15) is 51.9 Å². The number of amides is 1. The van der Waals surface area contributed by atoms with Gasteiger partial charge in [-0.25, -0.2) is 0 Å². The van der Waals surface area contributed by atoms with Gasteiger partial charge in [-0.15, -0.1) is 0 Å². The highest BCUT2D eigenvalue weighted by Gasteiger charge is 2.31. The van der Waals surface area contributed by atoms with Gasteiger partial charge in [-0.2, -0.15) is 0 Å². The Labute approximate surface area is 112 Å². The number of likely N-dealkylation sites (tertiary alicyclic amines) is 1. The summed E-state index contributed by atoms with van der Waals surface area (Å²) >= 11 is 0. The highest BCUT2D eigenvalue weighted by molar-refractivity contribution is 5.78. The third-order valence-electron chi connectivity index (χ3n) is 4.59. The zero-order chi connectivity index (χ0) is 13.0. The summed E-state index contributed by atoms with van der Waals surface area (Å²) in [5.74, 6) is 1.18. The van der Waals surface area contributed by atoms with Crippen molar-refractivity contribution in [3.8, 4) is 0 Å². The van der Waals surface area contributed by atoms with E-state index in [1.54, 1.807) is 0 Å². The normalized spacial score (nSPS) is 23.6. The molecular weight excluding hydrogens is 224 g/mol. The van der Waals surface area contributed by atoms with Crippen LogP contribution < -0.4 is 0 Å². The highest BCUT2D eigenvalue weighted by atomic mass is 16.2. The Morgan fingerprint density at radius 1 is 1.17 bits per heavy atom. The van der Waals surface area contributed by atoms with Crippen LogP contribution in [0.15, 0.2) is 0 Å². The maximum absolute atomic E-state index is 12.3. The van der Waals surface area contributed by atoms with Crippen LogP contribution in [0.25, 0.3) is 0 Å². The highest BCUT2D eigenvalue weighted by Crippen LogP contribution is 2.34. The molecule has 3 nitrogen and oxygen atoms in total. The van der Waals surface area contributed by atoms with E-state index < -0.39 is 0 Å². The van der Waals surface area contributed by atoms with E-state index in [2.05, 4.69) is 23.8 Å². The molecule has 0 N–H and O–H groups in total. The second kappa shape index (κ2) is 6.55. The summed E-state index contributed by atoms with van der Waals surface area (Å²) in [5.41, 5.74) is 0. The zero-order valence-corrected chi connectivity index (χ0v) is 12.0. The molecule has 0 aromatic carbocycles. The number of likely N-dealkylation sites (N-methyl/N-ethyl adjacent to an activating group) is 1. The lowest BCUT2D eigenvalue weighted by Crippen LogP contribution is -2.43. The molecule has 2 fully saturated rings. The second-order valence-corrected chi connectivity index (χ2v) is 6.14. The molecule has 0 bridgehead atoms. The van der Waals surface area contributed by atoms with Gasteiger partial charge in [0.15, 0.2) is 0 Å². The maximum Gasteiger partial charge on any atom is 0.236 e. The van der Waals surface area contributed by atoms with E-state index in [4.69, 9.17) is 0 Å². The predicted molar refractivity (Wildman–Crippen MR) is 74.5 cm³/mol.